The van der Waals surface area contributed by atoms with Gasteiger partial charge >= 0.3 is 0 Å². The van der Waals surface area contributed by atoms with Crippen molar-refractivity contribution in [3.63, 3.8) is 0 Å². The number of unbranched alkanes of at least 4 members (excludes halogenated alkanes) is 1. The lowest BCUT2D eigenvalue weighted by Gasteiger charge is -2.04. The minimum atomic E-state index is 0.205. The van der Waals surface area contributed by atoms with Crippen LogP contribution in [0.3, 0.4) is 0 Å². The number of aromatic amines is 1. The molecular formula is C14H26N2O. The van der Waals surface area contributed by atoms with E-state index < -0.39 is 0 Å². The second kappa shape index (κ2) is 6.67. The van der Waals surface area contributed by atoms with Gasteiger partial charge in [-0.3, -0.25) is 14.6 Å². The third-order valence-corrected chi connectivity index (χ3v) is 2.99. The Labute approximate surface area is 104 Å². The zero-order chi connectivity index (χ0) is 12.8. The minimum absolute atomic E-state index is 0.205. The van der Waals surface area contributed by atoms with Gasteiger partial charge < -0.3 is 0 Å². The van der Waals surface area contributed by atoms with E-state index in [1.54, 1.807) is 4.68 Å². The molecule has 17 heavy (non-hydrogen) atoms. The van der Waals surface area contributed by atoms with E-state index in [9.17, 15) is 4.79 Å². The van der Waals surface area contributed by atoms with Crippen molar-refractivity contribution in [2.45, 2.75) is 66.3 Å². The summed E-state index contributed by atoms with van der Waals surface area (Å²) in [4.78, 5) is 12.2. The lowest BCUT2D eigenvalue weighted by molar-refractivity contribution is 0.542. The van der Waals surface area contributed by atoms with Gasteiger partial charge in [0, 0.05) is 17.8 Å². The molecule has 3 heteroatoms. The molecule has 1 aromatic heterocycles. The van der Waals surface area contributed by atoms with Crippen molar-refractivity contribution < 1.29 is 0 Å². The third-order valence-electron chi connectivity index (χ3n) is 2.99. The van der Waals surface area contributed by atoms with Crippen LogP contribution in [0.15, 0.2) is 4.79 Å². The number of H-pyrrole nitrogens is 1. The van der Waals surface area contributed by atoms with E-state index in [0.29, 0.717) is 5.92 Å². The highest BCUT2D eigenvalue weighted by atomic mass is 16.1. The molecule has 1 rings (SSSR count). The molecule has 0 bridgehead atoms. The van der Waals surface area contributed by atoms with Gasteiger partial charge in [0.1, 0.15) is 0 Å². The molecule has 0 aliphatic carbocycles. The number of hydrogen-bond donors (Lipinski definition) is 1. The van der Waals surface area contributed by atoms with Gasteiger partial charge in [-0.2, -0.15) is 0 Å². The molecule has 0 atom stereocenters. The van der Waals surface area contributed by atoms with Gasteiger partial charge in [0.25, 0.3) is 5.56 Å². The first-order valence-corrected chi connectivity index (χ1v) is 6.90. The largest absolute Gasteiger partial charge is 0.299 e. The Bertz CT molecular complexity index is 387. The summed E-state index contributed by atoms with van der Waals surface area (Å²) < 4.78 is 1.80. The number of nitrogens with one attached hydrogen (secondary N) is 1. The molecule has 98 valence electrons. The van der Waals surface area contributed by atoms with E-state index in [2.05, 4.69) is 32.8 Å². The van der Waals surface area contributed by atoms with Crippen molar-refractivity contribution >= 4 is 0 Å². The van der Waals surface area contributed by atoms with Crippen LogP contribution >= 0.6 is 0 Å². The van der Waals surface area contributed by atoms with Gasteiger partial charge in [0.2, 0.25) is 0 Å². The number of nitrogens with zero attached hydrogens (tertiary/aromatic N) is 1. The summed E-state index contributed by atoms with van der Waals surface area (Å²) in [7, 11) is 0. The van der Waals surface area contributed by atoms with Gasteiger partial charge in [-0.25, -0.2) is 0 Å². The van der Waals surface area contributed by atoms with E-state index in [1.165, 1.54) is 0 Å². The minimum Gasteiger partial charge on any atom is -0.299 e. The molecule has 1 N–H and O–H groups in total. The summed E-state index contributed by atoms with van der Waals surface area (Å²) in [6.07, 6.45) is 5.09. The molecule has 0 amide bonds. The second-order valence-electron chi connectivity index (χ2n) is 5.23. The van der Waals surface area contributed by atoms with Crippen LogP contribution in [0.1, 0.15) is 58.2 Å². The molecule has 0 unspecified atom stereocenters. The first-order valence-electron chi connectivity index (χ1n) is 6.90. The number of aromatic nitrogens is 2. The van der Waals surface area contributed by atoms with Crippen LogP contribution in [-0.2, 0) is 19.4 Å². The molecule has 0 aliphatic heterocycles. The van der Waals surface area contributed by atoms with Crippen molar-refractivity contribution in [1.82, 2.24) is 9.78 Å². The average Bonchev–Trinajstić information content (AvgIpc) is 2.54. The smallest absolute Gasteiger partial charge is 0.269 e. The fourth-order valence-electron chi connectivity index (χ4n) is 2.13. The molecule has 0 radical (unpaired) electrons. The highest BCUT2D eigenvalue weighted by Crippen LogP contribution is 2.11. The Hall–Kier alpha value is -0.990. The first-order chi connectivity index (χ1) is 8.10. The summed E-state index contributed by atoms with van der Waals surface area (Å²) in [5, 5.41) is 3.31. The second-order valence-corrected chi connectivity index (χ2v) is 5.23. The predicted octanol–water partition coefficient (Wildman–Crippen LogP) is 3.13. The fourth-order valence-corrected chi connectivity index (χ4v) is 2.13. The average molecular weight is 238 g/mol. The number of aryl methyl sites for hydroxylation is 1. The molecule has 0 saturated heterocycles. The monoisotopic (exact) mass is 238 g/mol. The van der Waals surface area contributed by atoms with Crippen molar-refractivity contribution in [3.8, 4) is 0 Å². The summed E-state index contributed by atoms with van der Waals surface area (Å²) in [6.45, 7) is 9.48. The molecule has 0 saturated carbocycles. The van der Waals surface area contributed by atoms with Crippen LogP contribution in [0.25, 0.3) is 0 Å². The Morgan fingerprint density at radius 2 is 1.94 bits per heavy atom. The summed E-state index contributed by atoms with van der Waals surface area (Å²) in [5.74, 6) is 0.586. The number of hydrogen-bond acceptors (Lipinski definition) is 1. The summed E-state index contributed by atoms with van der Waals surface area (Å²) in [6, 6.07) is 0. The van der Waals surface area contributed by atoms with Gasteiger partial charge in [-0.05, 0) is 25.2 Å². The maximum Gasteiger partial charge on any atom is 0.269 e. The van der Waals surface area contributed by atoms with E-state index in [1.807, 2.05) is 0 Å². The molecular weight excluding hydrogens is 212 g/mol. The Kier molecular flexibility index (Phi) is 5.52. The van der Waals surface area contributed by atoms with Crippen molar-refractivity contribution in [2.75, 3.05) is 0 Å². The van der Waals surface area contributed by atoms with E-state index in [-0.39, 0.29) is 5.56 Å². The van der Waals surface area contributed by atoms with Gasteiger partial charge in [-0.15, -0.1) is 0 Å². The summed E-state index contributed by atoms with van der Waals surface area (Å²) >= 11 is 0. The lowest BCUT2D eigenvalue weighted by atomic mass is 10.0. The first kappa shape index (κ1) is 14.1. The lowest BCUT2D eigenvalue weighted by Crippen LogP contribution is -2.19. The van der Waals surface area contributed by atoms with E-state index in [0.717, 1.165) is 49.9 Å². The molecule has 1 aromatic rings. The van der Waals surface area contributed by atoms with Crippen LogP contribution in [0, 0.1) is 5.92 Å². The topological polar surface area (TPSA) is 37.8 Å². The number of rotatable bonds is 7. The molecule has 0 aromatic carbocycles. The van der Waals surface area contributed by atoms with Crippen LogP contribution < -0.4 is 5.56 Å². The van der Waals surface area contributed by atoms with Crippen molar-refractivity contribution in [1.29, 1.82) is 0 Å². The maximum atomic E-state index is 12.2. The summed E-state index contributed by atoms with van der Waals surface area (Å²) in [5.41, 5.74) is 2.37. The third kappa shape index (κ3) is 3.76. The molecule has 0 aliphatic rings. The zero-order valence-corrected chi connectivity index (χ0v) is 11.7. The normalized spacial score (nSPS) is 11.4. The maximum absolute atomic E-state index is 12.2. The van der Waals surface area contributed by atoms with Crippen LogP contribution in [0.2, 0.25) is 0 Å². The van der Waals surface area contributed by atoms with E-state index in [4.69, 9.17) is 0 Å². The van der Waals surface area contributed by atoms with Gasteiger partial charge in [0.05, 0.1) is 0 Å². The Balaban J connectivity index is 2.97. The molecule has 3 nitrogen and oxygen atoms in total. The highest BCUT2D eigenvalue weighted by molar-refractivity contribution is 5.18. The quantitative estimate of drug-likeness (QED) is 0.778. The van der Waals surface area contributed by atoms with E-state index >= 15 is 0 Å². The zero-order valence-electron chi connectivity index (χ0n) is 11.7. The molecule has 1 heterocycles. The van der Waals surface area contributed by atoms with Gasteiger partial charge in [0.15, 0.2) is 0 Å². The fraction of sp³-hybridized carbons (Fsp3) is 0.786. The van der Waals surface area contributed by atoms with Crippen LogP contribution in [-0.4, -0.2) is 9.78 Å². The SMILES string of the molecule is CCCCn1[nH]c(CC(C)C)c(CCC)c1=O. The van der Waals surface area contributed by atoms with Crippen LogP contribution in [0.5, 0.6) is 0 Å². The van der Waals surface area contributed by atoms with Crippen molar-refractivity contribution in [2.24, 2.45) is 5.92 Å². The predicted molar refractivity (Wildman–Crippen MR) is 72.5 cm³/mol. The highest BCUT2D eigenvalue weighted by Gasteiger charge is 2.13. The Morgan fingerprint density at radius 1 is 1.24 bits per heavy atom. The molecule has 0 spiro atoms. The standard InChI is InChI=1S/C14H26N2O/c1-5-7-9-16-14(17)12(8-6-2)13(15-16)10-11(3)4/h11,15H,5-10H2,1-4H3. The van der Waals surface area contributed by atoms with Crippen LogP contribution in [0.4, 0.5) is 0 Å². The Morgan fingerprint density at radius 3 is 2.47 bits per heavy atom. The van der Waals surface area contributed by atoms with Gasteiger partial charge in [-0.1, -0.05) is 40.5 Å². The van der Waals surface area contributed by atoms with Crippen molar-refractivity contribution in [3.05, 3.63) is 21.6 Å². The molecule has 0 fully saturated rings.